The van der Waals surface area contributed by atoms with Gasteiger partial charge in [-0.05, 0) is 63.2 Å². The number of carbonyl (C=O) groups is 1. The molecule has 1 aromatic carbocycles. The van der Waals surface area contributed by atoms with Gasteiger partial charge in [-0.1, -0.05) is 62.4 Å². The van der Waals surface area contributed by atoms with Gasteiger partial charge in [0, 0.05) is 6.54 Å². The molecule has 1 aromatic rings. The van der Waals surface area contributed by atoms with Crippen LogP contribution in [0.4, 0.5) is 0 Å². The predicted molar refractivity (Wildman–Crippen MR) is 108 cm³/mol. The first-order valence-corrected chi connectivity index (χ1v) is 10.9. The molecule has 3 heteroatoms. The number of benzene rings is 1. The number of amides is 1. The standard InChI is InChI=1S/C23H36N2O/c26-23(24-16-11-19-25-17-9-1-2-10-18-25)22(20-12-5-3-6-13-20)21-14-7-4-8-15-21/h3,5-6,12-13,21-22H,1-2,4,7-11,14-19H2,(H,24,26). The fourth-order valence-corrected chi connectivity index (χ4v) is 4.75. The highest BCUT2D eigenvalue weighted by Gasteiger charge is 2.30. The Morgan fingerprint density at radius 3 is 2.31 bits per heavy atom. The van der Waals surface area contributed by atoms with Gasteiger partial charge >= 0.3 is 0 Å². The van der Waals surface area contributed by atoms with Crippen molar-refractivity contribution in [2.45, 2.75) is 70.1 Å². The molecule has 0 radical (unpaired) electrons. The highest BCUT2D eigenvalue weighted by molar-refractivity contribution is 5.84. The average molecular weight is 357 g/mol. The van der Waals surface area contributed by atoms with E-state index in [4.69, 9.17) is 0 Å². The number of hydrogen-bond donors (Lipinski definition) is 1. The Morgan fingerprint density at radius 1 is 0.962 bits per heavy atom. The van der Waals surface area contributed by atoms with Crippen molar-refractivity contribution in [3.8, 4) is 0 Å². The van der Waals surface area contributed by atoms with Crippen molar-refractivity contribution in [3.05, 3.63) is 35.9 Å². The number of likely N-dealkylation sites (tertiary alicyclic amines) is 1. The summed E-state index contributed by atoms with van der Waals surface area (Å²) >= 11 is 0. The van der Waals surface area contributed by atoms with Crippen LogP contribution in [0.2, 0.25) is 0 Å². The maximum absolute atomic E-state index is 13.0. The topological polar surface area (TPSA) is 32.3 Å². The average Bonchev–Trinajstić information content (AvgIpc) is 2.96. The molecule has 1 heterocycles. The second kappa shape index (κ2) is 10.7. The molecule has 1 amide bonds. The van der Waals surface area contributed by atoms with Crippen LogP contribution in [0.5, 0.6) is 0 Å². The van der Waals surface area contributed by atoms with E-state index in [0.29, 0.717) is 5.92 Å². The van der Waals surface area contributed by atoms with Gasteiger partial charge in [0.25, 0.3) is 0 Å². The minimum atomic E-state index is 0.0367. The minimum absolute atomic E-state index is 0.0367. The van der Waals surface area contributed by atoms with Crippen LogP contribution in [0.3, 0.4) is 0 Å². The van der Waals surface area contributed by atoms with Crippen molar-refractivity contribution < 1.29 is 4.79 Å². The minimum Gasteiger partial charge on any atom is -0.356 e. The van der Waals surface area contributed by atoms with E-state index in [1.807, 2.05) is 6.07 Å². The van der Waals surface area contributed by atoms with Crippen LogP contribution in [-0.2, 0) is 4.79 Å². The molecule has 1 aliphatic heterocycles. The molecule has 0 aromatic heterocycles. The Balaban J connectivity index is 1.50. The summed E-state index contributed by atoms with van der Waals surface area (Å²) in [6.07, 6.45) is 12.8. The monoisotopic (exact) mass is 356 g/mol. The molecule has 0 spiro atoms. The van der Waals surface area contributed by atoms with Gasteiger partial charge in [0.15, 0.2) is 0 Å². The second-order valence-corrected chi connectivity index (χ2v) is 8.19. The van der Waals surface area contributed by atoms with Gasteiger partial charge in [0.05, 0.1) is 5.92 Å². The van der Waals surface area contributed by atoms with Crippen molar-refractivity contribution in [1.29, 1.82) is 0 Å². The molecule has 1 unspecified atom stereocenters. The van der Waals surface area contributed by atoms with Crippen molar-refractivity contribution >= 4 is 5.91 Å². The normalized spacial score (nSPS) is 21.1. The summed E-state index contributed by atoms with van der Waals surface area (Å²) in [7, 11) is 0. The van der Waals surface area contributed by atoms with Crippen molar-refractivity contribution in [1.82, 2.24) is 10.2 Å². The smallest absolute Gasteiger partial charge is 0.227 e. The Hall–Kier alpha value is -1.35. The molecular formula is C23H36N2O. The van der Waals surface area contributed by atoms with Crippen molar-refractivity contribution in [2.75, 3.05) is 26.2 Å². The van der Waals surface area contributed by atoms with E-state index in [2.05, 4.69) is 34.5 Å². The third kappa shape index (κ3) is 5.84. The Bertz CT molecular complexity index is 516. The van der Waals surface area contributed by atoms with E-state index in [0.717, 1.165) is 19.5 Å². The zero-order chi connectivity index (χ0) is 18.0. The van der Waals surface area contributed by atoms with E-state index in [9.17, 15) is 4.79 Å². The predicted octanol–water partition coefficient (Wildman–Crippen LogP) is 4.73. The molecule has 26 heavy (non-hydrogen) atoms. The van der Waals surface area contributed by atoms with Crippen LogP contribution in [-0.4, -0.2) is 37.0 Å². The molecule has 144 valence electrons. The molecular weight excluding hydrogens is 320 g/mol. The Labute approximate surface area is 159 Å². The Morgan fingerprint density at radius 2 is 1.62 bits per heavy atom. The highest BCUT2D eigenvalue weighted by atomic mass is 16.1. The summed E-state index contributed by atoms with van der Waals surface area (Å²) in [5.41, 5.74) is 1.20. The SMILES string of the molecule is O=C(NCCCN1CCCCCC1)C(c1ccccc1)C1CCCCC1. The van der Waals surface area contributed by atoms with Crippen LogP contribution < -0.4 is 5.32 Å². The summed E-state index contributed by atoms with van der Waals surface area (Å²) < 4.78 is 0. The summed E-state index contributed by atoms with van der Waals surface area (Å²) in [6, 6.07) is 10.4. The first-order chi connectivity index (χ1) is 12.8. The van der Waals surface area contributed by atoms with Crippen LogP contribution in [0.15, 0.2) is 30.3 Å². The number of carbonyl (C=O) groups excluding carboxylic acids is 1. The molecule has 1 saturated carbocycles. The lowest BCUT2D eigenvalue weighted by molar-refractivity contribution is -0.124. The van der Waals surface area contributed by atoms with Gasteiger partial charge in [-0.3, -0.25) is 4.79 Å². The highest BCUT2D eigenvalue weighted by Crippen LogP contribution is 2.36. The quantitative estimate of drug-likeness (QED) is 0.716. The molecule has 3 nitrogen and oxygen atoms in total. The van der Waals surface area contributed by atoms with Crippen LogP contribution in [0.1, 0.15) is 75.7 Å². The molecule has 1 saturated heterocycles. The van der Waals surface area contributed by atoms with Gasteiger partial charge in [-0.25, -0.2) is 0 Å². The van der Waals surface area contributed by atoms with Gasteiger partial charge in [0.1, 0.15) is 0 Å². The van der Waals surface area contributed by atoms with E-state index in [-0.39, 0.29) is 11.8 Å². The Kier molecular flexibility index (Phi) is 8.00. The van der Waals surface area contributed by atoms with Crippen LogP contribution >= 0.6 is 0 Å². The van der Waals surface area contributed by atoms with E-state index in [1.165, 1.54) is 76.4 Å². The summed E-state index contributed by atoms with van der Waals surface area (Å²) in [5.74, 6) is 0.797. The molecule has 1 N–H and O–H groups in total. The van der Waals surface area contributed by atoms with Crippen LogP contribution in [0, 0.1) is 5.92 Å². The maximum Gasteiger partial charge on any atom is 0.227 e. The zero-order valence-electron chi connectivity index (χ0n) is 16.3. The summed E-state index contributed by atoms with van der Waals surface area (Å²) in [6.45, 7) is 4.41. The fourth-order valence-electron chi connectivity index (χ4n) is 4.75. The van der Waals surface area contributed by atoms with E-state index >= 15 is 0 Å². The third-order valence-corrected chi connectivity index (χ3v) is 6.21. The molecule has 2 aliphatic rings. The second-order valence-electron chi connectivity index (χ2n) is 8.19. The van der Waals surface area contributed by atoms with Crippen LogP contribution in [0.25, 0.3) is 0 Å². The molecule has 1 atom stereocenters. The van der Waals surface area contributed by atoms with Gasteiger partial charge in [0.2, 0.25) is 5.91 Å². The van der Waals surface area contributed by atoms with Gasteiger partial charge in [-0.15, -0.1) is 0 Å². The van der Waals surface area contributed by atoms with Gasteiger partial charge < -0.3 is 10.2 Å². The molecule has 1 aliphatic carbocycles. The lowest BCUT2D eigenvalue weighted by Gasteiger charge is -2.30. The van der Waals surface area contributed by atoms with Gasteiger partial charge in [-0.2, -0.15) is 0 Å². The summed E-state index contributed by atoms with van der Waals surface area (Å²) in [5, 5.41) is 3.27. The number of nitrogens with one attached hydrogen (secondary N) is 1. The first-order valence-electron chi connectivity index (χ1n) is 10.9. The lowest BCUT2D eigenvalue weighted by Crippen LogP contribution is -2.36. The maximum atomic E-state index is 13.0. The van der Waals surface area contributed by atoms with E-state index in [1.54, 1.807) is 0 Å². The summed E-state index contributed by atoms with van der Waals surface area (Å²) in [4.78, 5) is 15.6. The van der Waals surface area contributed by atoms with Crippen molar-refractivity contribution in [2.24, 2.45) is 5.92 Å². The third-order valence-electron chi connectivity index (χ3n) is 6.21. The van der Waals surface area contributed by atoms with E-state index < -0.39 is 0 Å². The number of hydrogen-bond acceptors (Lipinski definition) is 2. The van der Waals surface area contributed by atoms with Crippen molar-refractivity contribution in [3.63, 3.8) is 0 Å². The fraction of sp³-hybridized carbons (Fsp3) is 0.696. The molecule has 2 fully saturated rings. The lowest BCUT2D eigenvalue weighted by atomic mass is 9.76. The number of rotatable bonds is 7. The molecule has 0 bridgehead atoms. The first kappa shape index (κ1) is 19.4. The number of nitrogens with zero attached hydrogens (tertiary/aromatic N) is 1. The molecule has 3 rings (SSSR count). The largest absolute Gasteiger partial charge is 0.356 e. The zero-order valence-corrected chi connectivity index (χ0v) is 16.3.